The van der Waals surface area contributed by atoms with Gasteiger partial charge in [0.1, 0.15) is 0 Å². The molecule has 0 aliphatic carbocycles. The summed E-state index contributed by atoms with van der Waals surface area (Å²) in [6.07, 6.45) is 19.7. The Hall–Kier alpha value is 0.160. The Balaban J connectivity index is 0.00000676. The first-order valence-corrected chi connectivity index (χ1v) is 11.6. The van der Waals surface area contributed by atoms with Gasteiger partial charge in [-0.3, -0.25) is 4.79 Å². The smallest absolute Gasteiger partial charge is 0.222 e. The van der Waals surface area contributed by atoms with Gasteiger partial charge in [-0.2, -0.15) is 0 Å². The van der Waals surface area contributed by atoms with Crippen molar-refractivity contribution in [2.24, 2.45) is 0 Å². The minimum Gasteiger partial charge on any atom is -1.00 e. The van der Waals surface area contributed by atoms with Gasteiger partial charge in [0.15, 0.2) is 0 Å². The highest BCUT2D eigenvalue weighted by atomic mass is 127. The van der Waals surface area contributed by atoms with E-state index in [2.05, 4.69) is 25.9 Å². The molecule has 0 aromatic carbocycles. The number of likely N-dealkylation sites (N-methyl/N-ethyl adjacent to an activating group) is 1. The molecule has 0 unspecified atom stereocenters. The van der Waals surface area contributed by atoms with Gasteiger partial charge in [-0.1, -0.05) is 84.0 Å². The lowest BCUT2D eigenvalue weighted by atomic mass is 10.0. The molecule has 0 aromatic rings. The Kier molecular flexibility index (Phi) is 17.2. The van der Waals surface area contributed by atoms with Crippen LogP contribution in [0.15, 0.2) is 0 Å². The number of carbonyl (C=O) groups is 1. The number of hydrogen-bond acceptors (Lipinski definition) is 1. The van der Waals surface area contributed by atoms with Crippen LogP contribution in [-0.2, 0) is 4.79 Å². The largest absolute Gasteiger partial charge is 1.00 e. The van der Waals surface area contributed by atoms with Crippen LogP contribution in [0.3, 0.4) is 0 Å². The zero-order valence-electron chi connectivity index (χ0n) is 18.6. The van der Waals surface area contributed by atoms with E-state index in [-0.39, 0.29) is 24.0 Å². The molecule has 1 aliphatic rings. The van der Waals surface area contributed by atoms with Crippen molar-refractivity contribution in [3.05, 3.63) is 0 Å². The van der Waals surface area contributed by atoms with Crippen LogP contribution in [0.5, 0.6) is 0 Å². The van der Waals surface area contributed by atoms with Crippen LogP contribution in [0.2, 0.25) is 0 Å². The first kappa shape index (κ1) is 27.2. The molecule has 1 fully saturated rings. The predicted octanol–water partition coefficient (Wildman–Crippen LogP) is 2.78. The van der Waals surface area contributed by atoms with Gasteiger partial charge in [0.2, 0.25) is 5.91 Å². The Morgan fingerprint density at radius 1 is 0.741 bits per heavy atom. The van der Waals surface area contributed by atoms with E-state index in [1.807, 2.05) is 0 Å². The molecule has 27 heavy (non-hydrogen) atoms. The van der Waals surface area contributed by atoms with Crippen LogP contribution < -0.4 is 24.0 Å². The van der Waals surface area contributed by atoms with Crippen molar-refractivity contribution in [1.29, 1.82) is 0 Å². The number of carbonyl (C=O) groups excluding carboxylic acids is 1. The van der Waals surface area contributed by atoms with Crippen LogP contribution in [0.25, 0.3) is 0 Å². The van der Waals surface area contributed by atoms with Gasteiger partial charge in [-0.25, -0.2) is 0 Å². The molecule has 1 heterocycles. The van der Waals surface area contributed by atoms with Gasteiger partial charge in [0.25, 0.3) is 0 Å². The summed E-state index contributed by atoms with van der Waals surface area (Å²) in [5, 5.41) is 0. The highest BCUT2D eigenvalue weighted by Gasteiger charge is 2.23. The van der Waals surface area contributed by atoms with E-state index in [4.69, 9.17) is 0 Å². The standard InChI is InChI=1S/C23H47N2O.HI/c1-4-5-6-7-8-9-10-11-12-13-14-15-16-18-23(26)24-19-17-21-25(2,3)22-20-24;/h4-22H2,1-3H3;1H/q+1;/p-1. The summed E-state index contributed by atoms with van der Waals surface area (Å²) in [6.45, 7) is 6.50. The molecule has 4 heteroatoms. The number of nitrogens with zero attached hydrogens (tertiary/aromatic N) is 2. The summed E-state index contributed by atoms with van der Waals surface area (Å²) in [5.74, 6) is 0.398. The van der Waals surface area contributed by atoms with Crippen molar-refractivity contribution in [1.82, 2.24) is 4.90 Å². The molecule has 0 saturated carbocycles. The molecule has 0 atom stereocenters. The van der Waals surface area contributed by atoms with Crippen molar-refractivity contribution in [2.75, 3.05) is 40.3 Å². The quantitative estimate of drug-likeness (QED) is 0.207. The lowest BCUT2D eigenvalue weighted by Gasteiger charge is -2.28. The molecule has 0 aromatic heterocycles. The average molecular weight is 495 g/mol. The fraction of sp³-hybridized carbons (Fsp3) is 0.957. The van der Waals surface area contributed by atoms with Crippen molar-refractivity contribution in [2.45, 2.75) is 103 Å². The van der Waals surface area contributed by atoms with Gasteiger partial charge < -0.3 is 33.4 Å². The van der Waals surface area contributed by atoms with E-state index < -0.39 is 0 Å². The van der Waals surface area contributed by atoms with Crippen molar-refractivity contribution in [3.8, 4) is 0 Å². The van der Waals surface area contributed by atoms with Crippen LogP contribution in [0.4, 0.5) is 0 Å². The van der Waals surface area contributed by atoms with Gasteiger partial charge in [-0.05, 0) is 6.42 Å². The van der Waals surface area contributed by atoms with Crippen molar-refractivity contribution < 1.29 is 33.3 Å². The summed E-state index contributed by atoms with van der Waals surface area (Å²) >= 11 is 0. The van der Waals surface area contributed by atoms with E-state index in [0.717, 1.165) is 43.4 Å². The van der Waals surface area contributed by atoms with Crippen molar-refractivity contribution in [3.63, 3.8) is 0 Å². The number of unbranched alkanes of at least 4 members (excludes halogenated alkanes) is 12. The molecule has 0 N–H and O–H groups in total. The van der Waals surface area contributed by atoms with Gasteiger partial charge in [0.05, 0.1) is 33.7 Å². The van der Waals surface area contributed by atoms with E-state index in [0.29, 0.717) is 5.91 Å². The molecule has 162 valence electrons. The summed E-state index contributed by atoms with van der Waals surface area (Å²) in [7, 11) is 4.56. The molecule has 0 bridgehead atoms. The zero-order valence-corrected chi connectivity index (χ0v) is 20.8. The molecule has 1 saturated heterocycles. The summed E-state index contributed by atoms with van der Waals surface area (Å²) in [6, 6.07) is 0. The maximum absolute atomic E-state index is 12.4. The molecule has 1 rings (SSSR count). The van der Waals surface area contributed by atoms with Crippen molar-refractivity contribution >= 4 is 5.91 Å². The van der Waals surface area contributed by atoms with E-state index in [1.54, 1.807) is 0 Å². The van der Waals surface area contributed by atoms with Gasteiger partial charge >= 0.3 is 0 Å². The second kappa shape index (κ2) is 17.1. The zero-order chi connectivity index (χ0) is 19.1. The lowest BCUT2D eigenvalue weighted by Crippen LogP contribution is -3.00. The normalized spacial score (nSPS) is 16.6. The monoisotopic (exact) mass is 494 g/mol. The number of halogens is 1. The highest BCUT2D eigenvalue weighted by molar-refractivity contribution is 5.76. The number of amides is 1. The maximum Gasteiger partial charge on any atom is 0.222 e. The molecule has 3 nitrogen and oxygen atoms in total. The van der Waals surface area contributed by atoms with Gasteiger partial charge in [0, 0.05) is 19.4 Å². The SMILES string of the molecule is CCCCCCCCCCCCCCCC(=O)N1CCC[N+](C)(C)CC1.[I-]. The average Bonchev–Trinajstić information content (AvgIpc) is 2.79. The predicted molar refractivity (Wildman–Crippen MR) is 113 cm³/mol. The number of rotatable bonds is 14. The third kappa shape index (κ3) is 14.8. The van der Waals surface area contributed by atoms with E-state index >= 15 is 0 Å². The topological polar surface area (TPSA) is 20.3 Å². The molecule has 0 spiro atoms. The summed E-state index contributed by atoms with van der Waals surface area (Å²) in [4.78, 5) is 14.5. The first-order valence-electron chi connectivity index (χ1n) is 11.6. The van der Waals surface area contributed by atoms with E-state index in [9.17, 15) is 4.79 Å². The minimum absolute atomic E-state index is 0. The Morgan fingerprint density at radius 2 is 1.22 bits per heavy atom. The second-order valence-electron chi connectivity index (χ2n) is 9.11. The van der Waals surface area contributed by atoms with Crippen LogP contribution in [-0.4, -0.2) is 55.6 Å². The second-order valence-corrected chi connectivity index (χ2v) is 9.11. The lowest BCUT2D eigenvalue weighted by molar-refractivity contribution is -0.888. The molecular weight excluding hydrogens is 447 g/mol. The Morgan fingerprint density at radius 3 is 1.74 bits per heavy atom. The molecule has 0 radical (unpaired) electrons. The molecular formula is C23H47IN2O. The first-order chi connectivity index (χ1) is 12.5. The van der Waals surface area contributed by atoms with Crippen LogP contribution >= 0.6 is 0 Å². The third-order valence-electron chi connectivity index (χ3n) is 6.01. The van der Waals surface area contributed by atoms with E-state index in [1.165, 1.54) is 83.6 Å². The minimum atomic E-state index is 0. The Labute approximate surface area is 187 Å². The Bertz CT molecular complexity index is 360. The number of hydrogen-bond donors (Lipinski definition) is 0. The molecule has 1 amide bonds. The summed E-state index contributed by atoms with van der Waals surface area (Å²) < 4.78 is 1.06. The van der Waals surface area contributed by atoms with Gasteiger partial charge in [-0.15, -0.1) is 0 Å². The van der Waals surface area contributed by atoms with Crippen LogP contribution in [0, 0.1) is 0 Å². The summed E-state index contributed by atoms with van der Waals surface area (Å²) in [5.41, 5.74) is 0. The third-order valence-corrected chi connectivity index (χ3v) is 6.01. The fourth-order valence-corrected chi connectivity index (χ4v) is 4.01. The molecule has 1 aliphatic heterocycles. The maximum atomic E-state index is 12.4. The van der Waals surface area contributed by atoms with Crippen LogP contribution in [0.1, 0.15) is 103 Å². The highest BCUT2D eigenvalue weighted by Crippen LogP contribution is 2.14. The number of quaternary nitrogens is 1. The fourth-order valence-electron chi connectivity index (χ4n) is 4.01.